The second-order valence-corrected chi connectivity index (χ2v) is 7.14. The highest BCUT2D eigenvalue weighted by atomic mass is 32.2. The molecule has 1 unspecified atom stereocenters. The molecule has 1 atom stereocenters. The number of nitrogens with zero attached hydrogens (tertiary/aromatic N) is 2. The van der Waals surface area contributed by atoms with Gasteiger partial charge >= 0.3 is 5.97 Å². The summed E-state index contributed by atoms with van der Waals surface area (Å²) >= 11 is 1.50. The quantitative estimate of drug-likeness (QED) is 0.801. The third kappa shape index (κ3) is 4.35. The molecule has 0 radical (unpaired) electrons. The lowest BCUT2D eigenvalue weighted by Gasteiger charge is -2.24. The van der Waals surface area contributed by atoms with E-state index in [0.29, 0.717) is 27.7 Å². The Morgan fingerprint density at radius 3 is 2.71 bits per heavy atom. The van der Waals surface area contributed by atoms with Crippen LogP contribution in [0.25, 0.3) is 0 Å². The van der Waals surface area contributed by atoms with Crippen LogP contribution >= 0.6 is 11.8 Å². The van der Waals surface area contributed by atoms with Crippen molar-refractivity contribution in [3.05, 3.63) is 76.5 Å². The summed E-state index contributed by atoms with van der Waals surface area (Å²) in [4.78, 5) is 16.4. The zero-order valence-electron chi connectivity index (χ0n) is 15.5. The van der Waals surface area contributed by atoms with Crippen LogP contribution in [0.5, 0.6) is 5.75 Å². The number of aliphatic carboxylic acids is 1. The van der Waals surface area contributed by atoms with E-state index in [4.69, 9.17) is 10.00 Å². The monoisotopic (exact) mass is 393 g/mol. The number of carboxylic acids is 1. The zero-order chi connectivity index (χ0) is 20.1. The van der Waals surface area contributed by atoms with Crippen LogP contribution in [-0.2, 0) is 10.5 Å². The molecule has 1 heterocycles. The van der Waals surface area contributed by atoms with Gasteiger partial charge in [-0.05, 0) is 42.3 Å². The van der Waals surface area contributed by atoms with Crippen LogP contribution in [0.1, 0.15) is 29.7 Å². The molecule has 2 aromatic rings. The van der Waals surface area contributed by atoms with E-state index in [-0.39, 0.29) is 5.57 Å². The van der Waals surface area contributed by atoms with Gasteiger partial charge < -0.3 is 15.2 Å². The van der Waals surface area contributed by atoms with Crippen LogP contribution in [0.2, 0.25) is 0 Å². The number of hydrogen-bond donors (Lipinski definition) is 2. The Morgan fingerprint density at radius 1 is 1.32 bits per heavy atom. The van der Waals surface area contributed by atoms with Crippen LogP contribution in [0.4, 0.5) is 0 Å². The Kier molecular flexibility index (Phi) is 6.02. The van der Waals surface area contributed by atoms with Gasteiger partial charge in [0.05, 0.1) is 24.3 Å². The normalized spacial score (nSPS) is 16.0. The number of methoxy groups -OCH3 is 1. The maximum absolute atomic E-state index is 11.8. The highest BCUT2D eigenvalue weighted by Crippen LogP contribution is 2.33. The van der Waals surface area contributed by atoms with Gasteiger partial charge in [0.2, 0.25) is 0 Å². The van der Waals surface area contributed by atoms with Crippen LogP contribution < -0.4 is 10.1 Å². The number of nitriles is 1. The third-order valence-electron chi connectivity index (χ3n) is 4.31. The molecule has 0 saturated heterocycles. The van der Waals surface area contributed by atoms with Gasteiger partial charge in [0.1, 0.15) is 11.8 Å². The second kappa shape index (κ2) is 8.63. The highest BCUT2D eigenvalue weighted by molar-refractivity contribution is 8.13. The summed E-state index contributed by atoms with van der Waals surface area (Å²) in [5, 5.41) is 22.5. The number of benzene rings is 2. The van der Waals surface area contributed by atoms with Crippen molar-refractivity contribution in [3.8, 4) is 11.8 Å². The van der Waals surface area contributed by atoms with Crippen molar-refractivity contribution >= 4 is 22.9 Å². The molecule has 7 heteroatoms. The second-order valence-electron chi connectivity index (χ2n) is 6.18. The number of hydrogen-bond acceptors (Lipinski definition) is 6. The first-order valence-electron chi connectivity index (χ1n) is 8.56. The van der Waals surface area contributed by atoms with Crippen molar-refractivity contribution in [1.82, 2.24) is 5.32 Å². The van der Waals surface area contributed by atoms with Crippen molar-refractivity contribution in [2.45, 2.75) is 18.7 Å². The average Bonchev–Trinajstić information content (AvgIpc) is 2.71. The molecule has 2 N–H and O–H groups in total. The molecule has 0 aliphatic carbocycles. The highest BCUT2D eigenvalue weighted by Gasteiger charge is 2.29. The fourth-order valence-corrected chi connectivity index (χ4v) is 3.79. The maximum atomic E-state index is 11.8. The molecule has 1 aliphatic rings. The molecule has 0 spiro atoms. The maximum Gasteiger partial charge on any atom is 0.335 e. The SMILES string of the molecule is COc1ccc(CSC2=NC(c3cccc(C#N)c3)C(C(=O)O)=C(C)N2)cc1. The molecule has 0 aromatic heterocycles. The minimum absolute atomic E-state index is 0.184. The molecule has 0 saturated carbocycles. The van der Waals surface area contributed by atoms with Gasteiger partial charge in [-0.3, -0.25) is 0 Å². The Morgan fingerprint density at radius 2 is 2.07 bits per heavy atom. The van der Waals surface area contributed by atoms with Crippen molar-refractivity contribution < 1.29 is 14.6 Å². The summed E-state index contributed by atoms with van der Waals surface area (Å²) in [5.74, 6) is 0.445. The van der Waals surface area contributed by atoms with Crippen LogP contribution in [0, 0.1) is 11.3 Å². The number of allylic oxidation sites excluding steroid dienone is 1. The van der Waals surface area contributed by atoms with E-state index in [1.165, 1.54) is 11.8 Å². The van der Waals surface area contributed by atoms with E-state index >= 15 is 0 Å². The van der Waals surface area contributed by atoms with Gasteiger partial charge in [-0.2, -0.15) is 5.26 Å². The molecule has 142 valence electrons. The summed E-state index contributed by atoms with van der Waals surface area (Å²) in [6.07, 6.45) is 0. The first kappa shape index (κ1) is 19.5. The zero-order valence-corrected chi connectivity index (χ0v) is 16.3. The standard InChI is InChI=1S/C21H19N3O3S/c1-13-18(20(25)26)19(16-5-3-4-15(10-16)11-22)24-21(23-13)28-12-14-6-8-17(27-2)9-7-14/h3-10,19H,12H2,1-2H3,(H,23,24)(H,25,26). The molecule has 0 bridgehead atoms. The minimum atomic E-state index is -1.03. The lowest BCUT2D eigenvalue weighted by Crippen LogP contribution is -2.29. The van der Waals surface area contributed by atoms with E-state index in [1.807, 2.05) is 24.3 Å². The number of nitrogens with one attached hydrogen (secondary N) is 1. The number of rotatable bonds is 5. The van der Waals surface area contributed by atoms with Crippen molar-refractivity contribution in [3.63, 3.8) is 0 Å². The van der Waals surface area contributed by atoms with Gasteiger partial charge in [-0.1, -0.05) is 36.0 Å². The molecular weight excluding hydrogens is 374 g/mol. The van der Waals surface area contributed by atoms with Crippen molar-refractivity contribution in [1.29, 1.82) is 5.26 Å². The molecule has 6 nitrogen and oxygen atoms in total. The van der Waals surface area contributed by atoms with Gasteiger partial charge in [-0.25, -0.2) is 9.79 Å². The van der Waals surface area contributed by atoms with Gasteiger partial charge in [0, 0.05) is 11.4 Å². The first-order chi connectivity index (χ1) is 13.5. The molecule has 28 heavy (non-hydrogen) atoms. The number of amidine groups is 1. The fraction of sp³-hybridized carbons (Fsp3) is 0.190. The number of carbonyl (C=O) groups is 1. The van der Waals surface area contributed by atoms with Crippen LogP contribution in [-0.4, -0.2) is 23.4 Å². The lowest BCUT2D eigenvalue weighted by molar-refractivity contribution is -0.133. The molecule has 1 aliphatic heterocycles. The first-order valence-corrected chi connectivity index (χ1v) is 9.55. The predicted octanol–water partition coefficient (Wildman–Crippen LogP) is 3.86. The molecule has 2 aromatic carbocycles. The number of carboxylic acid groups (broad SMARTS) is 1. The van der Waals surface area contributed by atoms with E-state index in [0.717, 1.165) is 11.3 Å². The Balaban J connectivity index is 1.85. The van der Waals surface area contributed by atoms with E-state index in [2.05, 4.69) is 16.4 Å². The largest absolute Gasteiger partial charge is 0.497 e. The average molecular weight is 393 g/mol. The summed E-state index contributed by atoms with van der Waals surface area (Å²) < 4.78 is 5.17. The van der Waals surface area contributed by atoms with Crippen LogP contribution in [0.15, 0.2) is 64.8 Å². The number of aliphatic imine (C=N–C) groups is 1. The summed E-state index contributed by atoms with van der Waals surface area (Å²) in [7, 11) is 1.63. The molecule has 0 amide bonds. The minimum Gasteiger partial charge on any atom is -0.497 e. The van der Waals surface area contributed by atoms with Crippen LogP contribution in [0.3, 0.4) is 0 Å². The number of ether oxygens (including phenoxy) is 1. The van der Waals surface area contributed by atoms with Gasteiger partial charge in [-0.15, -0.1) is 0 Å². The Hall–Kier alpha value is -3.24. The van der Waals surface area contributed by atoms with E-state index in [9.17, 15) is 9.90 Å². The van der Waals surface area contributed by atoms with Crippen molar-refractivity contribution in [2.24, 2.45) is 4.99 Å². The predicted molar refractivity (Wildman–Crippen MR) is 109 cm³/mol. The van der Waals surface area contributed by atoms with Gasteiger partial charge in [0.15, 0.2) is 5.17 Å². The third-order valence-corrected chi connectivity index (χ3v) is 5.27. The lowest BCUT2D eigenvalue weighted by atomic mass is 9.95. The Bertz CT molecular complexity index is 991. The molecular formula is C21H19N3O3S. The summed E-state index contributed by atoms with van der Waals surface area (Å²) in [6.45, 7) is 1.73. The smallest absolute Gasteiger partial charge is 0.335 e. The van der Waals surface area contributed by atoms with E-state index in [1.54, 1.807) is 38.3 Å². The van der Waals surface area contributed by atoms with E-state index < -0.39 is 12.0 Å². The van der Waals surface area contributed by atoms with Crippen molar-refractivity contribution in [2.75, 3.05) is 7.11 Å². The Labute approximate surface area is 167 Å². The fourth-order valence-electron chi connectivity index (χ4n) is 2.89. The molecule has 0 fully saturated rings. The molecule has 3 rings (SSSR count). The summed E-state index contributed by atoms with van der Waals surface area (Å²) in [6, 6.07) is 16.1. The van der Waals surface area contributed by atoms with Gasteiger partial charge in [0.25, 0.3) is 0 Å². The number of thioether (sulfide) groups is 1. The summed E-state index contributed by atoms with van der Waals surface area (Å²) in [5.41, 5.74) is 2.99. The topological polar surface area (TPSA) is 94.7 Å².